The Kier molecular flexibility index (Phi) is 3.83. The molecule has 1 atom stereocenters. The van der Waals surface area contributed by atoms with Crippen LogP contribution in [0.5, 0.6) is 0 Å². The molecule has 2 aromatic rings. The van der Waals surface area contributed by atoms with Gasteiger partial charge in [-0.2, -0.15) is 0 Å². The van der Waals surface area contributed by atoms with Gasteiger partial charge in [-0.3, -0.25) is 9.59 Å². The summed E-state index contributed by atoms with van der Waals surface area (Å²) in [5.74, 6) is -2.27. The van der Waals surface area contributed by atoms with E-state index in [4.69, 9.17) is 10.2 Å². The Balaban J connectivity index is 2.20. The molecule has 1 heterocycles. The van der Waals surface area contributed by atoms with E-state index in [1.165, 1.54) is 11.3 Å². The quantitative estimate of drug-likeness (QED) is 0.819. The summed E-state index contributed by atoms with van der Waals surface area (Å²) in [6.07, 6.45) is -0.421. The van der Waals surface area contributed by atoms with Gasteiger partial charge in [-0.05, 0) is 12.1 Å². The predicted molar refractivity (Wildman–Crippen MR) is 69.2 cm³/mol. The van der Waals surface area contributed by atoms with Crippen LogP contribution < -0.4 is 0 Å². The van der Waals surface area contributed by atoms with Gasteiger partial charge in [0.15, 0.2) is 4.34 Å². The van der Waals surface area contributed by atoms with Crippen LogP contribution in [0.2, 0.25) is 0 Å². The van der Waals surface area contributed by atoms with E-state index in [0.29, 0.717) is 4.34 Å². The predicted octanol–water partition coefficient (Wildman–Crippen LogP) is 2.32. The van der Waals surface area contributed by atoms with Gasteiger partial charge in [-0.15, -0.1) is 11.3 Å². The molecule has 0 saturated carbocycles. The summed E-state index contributed by atoms with van der Waals surface area (Å²) in [6.45, 7) is 0. The van der Waals surface area contributed by atoms with Gasteiger partial charge in [0.05, 0.1) is 16.6 Å². The van der Waals surface area contributed by atoms with E-state index in [9.17, 15) is 9.59 Å². The molecule has 0 fully saturated rings. The molecule has 18 heavy (non-hydrogen) atoms. The molecule has 0 aliphatic carbocycles. The first kappa shape index (κ1) is 12.8. The minimum atomic E-state index is -1.14. The summed E-state index contributed by atoms with van der Waals surface area (Å²) in [5, 5.41) is 16.6. The number of aliphatic carboxylic acids is 2. The molecule has 0 spiro atoms. The second kappa shape index (κ2) is 5.36. The lowest BCUT2D eigenvalue weighted by molar-refractivity contribution is -0.142. The van der Waals surface area contributed by atoms with Gasteiger partial charge in [-0.1, -0.05) is 23.9 Å². The molecule has 2 rings (SSSR count). The number of aromatic nitrogens is 1. The van der Waals surface area contributed by atoms with E-state index in [1.807, 2.05) is 24.3 Å². The normalized spacial score (nSPS) is 12.4. The lowest BCUT2D eigenvalue weighted by atomic mass is 10.3. The number of thiazole rings is 1. The van der Waals surface area contributed by atoms with Crippen LogP contribution in [0.15, 0.2) is 28.6 Å². The topological polar surface area (TPSA) is 87.5 Å². The maximum atomic E-state index is 10.9. The number of fused-ring (bicyclic) bond motifs is 1. The Bertz CT molecular complexity index is 562. The summed E-state index contributed by atoms with van der Waals surface area (Å²) in [4.78, 5) is 25.8. The Labute approximate surface area is 110 Å². The molecule has 0 radical (unpaired) electrons. The number of carboxylic acid groups (broad SMARTS) is 2. The summed E-state index contributed by atoms with van der Waals surface area (Å²) < 4.78 is 1.53. The van der Waals surface area contributed by atoms with Crippen molar-refractivity contribution in [2.24, 2.45) is 0 Å². The third-order valence-electron chi connectivity index (χ3n) is 2.15. The van der Waals surface area contributed by atoms with Crippen molar-refractivity contribution < 1.29 is 19.8 Å². The molecule has 0 amide bonds. The third-order valence-corrected chi connectivity index (χ3v) is 4.47. The summed E-state index contributed by atoms with van der Waals surface area (Å²) >= 11 is 2.34. The summed E-state index contributed by atoms with van der Waals surface area (Å²) in [6, 6.07) is 7.45. The molecule has 7 heteroatoms. The molecule has 1 aromatic heterocycles. The third kappa shape index (κ3) is 2.99. The van der Waals surface area contributed by atoms with Gasteiger partial charge in [0.1, 0.15) is 5.25 Å². The Morgan fingerprint density at radius 2 is 2.06 bits per heavy atom. The number of hydrogen-bond acceptors (Lipinski definition) is 5. The monoisotopic (exact) mass is 283 g/mol. The van der Waals surface area contributed by atoms with Crippen molar-refractivity contribution in [1.82, 2.24) is 4.98 Å². The van der Waals surface area contributed by atoms with Crippen LogP contribution in [0, 0.1) is 0 Å². The van der Waals surface area contributed by atoms with Crippen LogP contribution >= 0.6 is 23.1 Å². The Morgan fingerprint density at radius 1 is 1.33 bits per heavy atom. The number of benzene rings is 1. The van der Waals surface area contributed by atoms with E-state index in [-0.39, 0.29) is 0 Å². The molecule has 0 saturated heterocycles. The van der Waals surface area contributed by atoms with Gasteiger partial charge in [0.25, 0.3) is 0 Å². The van der Waals surface area contributed by atoms with E-state index in [2.05, 4.69) is 4.98 Å². The van der Waals surface area contributed by atoms with E-state index >= 15 is 0 Å². The summed E-state index contributed by atoms with van der Waals surface area (Å²) in [7, 11) is 0. The second-order valence-corrected chi connectivity index (χ2v) is 5.97. The van der Waals surface area contributed by atoms with Crippen LogP contribution in [0.1, 0.15) is 6.42 Å². The second-order valence-electron chi connectivity index (χ2n) is 3.49. The SMILES string of the molecule is O=C(O)C[C@@H](Sc1nc2ccccc2s1)C(=O)O. The molecule has 0 bridgehead atoms. The highest BCUT2D eigenvalue weighted by atomic mass is 32.2. The van der Waals surface area contributed by atoms with Gasteiger partial charge < -0.3 is 10.2 Å². The molecule has 0 unspecified atom stereocenters. The molecule has 5 nitrogen and oxygen atoms in total. The number of para-hydroxylation sites is 1. The molecule has 1 aromatic carbocycles. The molecule has 0 aliphatic rings. The number of carbonyl (C=O) groups is 2. The van der Waals surface area contributed by atoms with Gasteiger partial charge >= 0.3 is 11.9 Å². The van der Waals surface area contributed by atoms with Crippen LogP contribution in [-0.4, -0.2) is 32.4 Å². The fourth-order valence-corrected chi connectivity index (χ4v) is 3.59. The van der Waals surface area contributed by atoms with Crippen LogP contribution in [-0.2, 0) is 9.59 Å². The summed E-state index contributed by atoms with van der Waals surface area (Å²) in [5.41, 5.74) is 0.796. The average Bonchev–Trinajstić information content (AvgIpc) is 2.69. The smallest absolute Gasteiger partial charge is 0.317 e. The minimum absolute atomic E-state index is 0.421. The lowest BCUT2D eigenvalue weighted by Crippen LogP contribution is -2.20. The fraction of sp³-hybridized carbons (Fsp3) is 0.182. The first-order valence-corrected chi connectivity index (χ1v) is 6.72. The standard InChI is InChI=1S/C11H9NO4S2/c13-9(14)5-8(10(15)16)18-11-12-6-3-1-2-4-7(6)17-11/h1-4,8H,5H2,(H,13,14)(H,15,16)/t8-/m1/s1. The van der Waals surface area contributed by atoms with Crippen molar-refractivity contribution in [3.8, 4) is 0 Å². The highest BCUT2D eigenvalue weighted by molar-refractivity contribution is 8.02. The van der Waals surface area contributed by atoms with Crippen molar-refractivity contribution >= 4 is 45.3 Å². The van der Waals surface area contributed by atoms with Crippen LogP contribution in [0.4, 0.5) is 0 Å². The first-order chi connectivity index (χ1) is 8.56. The van der Waals surface area contributed by atoms with Crippen molar-refractivity contribution in [2.45, 2.75) is 16.0 Å². The Morgan fingerprint density at radius 3 is 2.67 bits per heavy atom. The molecular weight excluding hydrogens is 274 g/mol. The largest absolute Gasteiger partial charge is 0.481 e. The zero-order valence-corrected chi connectivity index (χ0v) is 10.7. The Hall–Kier alpha value is -1.60. The van der Waals surface area contributed by atoms with Crippen molar-refractivity contribution in [1.29, 1.82) is 0 Å². The number of nitrogens with zero attached hydrogens (tertiary/aromatic N) is 1. The molecular formula is C11H9NO4S2. The first-order valence-electron chi connectivity index (χ1n) is 5.03. The van der Waals surface area contributed by atoms with Gasteiger partial charge in [0.2, 0.25) is 0 Å². The maximum absolute atomic E-state index is 10.9. The molecule has 2 N–H and O–H groups in total. The number of carboxylic acids is 2. The molecule has 0 aliphatic heterocycles. The van der Waals surface area contributed by atoms with E-state index in [0.717, 1.165) is 22.0 Å². The minimum Gasteiger partial charge on any atom is -0.481 e. The average molecular weight is 283 g/mol. The van der Waals surface area contributed by atoms with E-state index in [1.54, 1.807) is 0 Å². The number of hydrogen-bond donors (Lipinski definition) is 2. The zero-order valence-electron chi connectivity index (χ0n) is 9.07. The van der Waals surface area contributed by atoms with Gasteiger partial charge in [-0.25, -0.2) is 4.98 Å². The number of thioether (sulfide) groups is 1. The highest BCUT2D eigenvalue weighted by Crippen LogP contribution is 2.33. The number of rotatable bonds is 5. The van der Waals surface area contributed by atoms with Gasteiger partial charge in [0, 0.05) is 0 Å². The van der Waals surface area contributed by atoms with Crippen LogP contribution in [0.3, 0.4) is 0 Å². The lowest BCUT2D eigenvalue weighted by Gasteiger charge is -2.06. The maximum Gasteiger partial charge on any atom is 0.317 e. The van der Waals surface area contributed by atoms with Crippen molar-refractivity contribution in [3.63, 3.8) is 0 Å². The van der Waals surface area contributed by atoms with Crippen molar-refractivity contribution in [3.05, 3.63) is 24.3 Å². The molecule has 94 valence electrons. The fourth-order valence-electron chi connectivity index (χ4n) is 1.36. The van der Waals surface area contributed by atoms with Crippen LogP contribution in [0.25, 0.3) is 10.2 Å². The van der Waals surface area contributed by atoms with Crippen molar-refractivity contribution in [2.75, 3.05) is 0 Å². The zero-order chi connectivity index (χ0) is 13.1. The van der Waals surface area contributed by atoms with E-state index < -0.39 is 23.6 Å². The highest BCUT2D eigenvalue weighted by Gasteiger charge is 2.23.